The number of benzene rings is 1. The monoisotopic (exact) mass is 337 g/mol. The SMILES string of the molecule is COC(=O)c1ccc(C(=O)N2CCc3[nH]c(=O)c(C#N)cc3C2)cc1. The van der Waals surface area contributed by atoms with Crippen LogP contribution in [0, 0.1) is 11.3 Å². The van der Waals surface area contributed by atoms with Gasteiger partial charge in [0.15, 0.2) is 0 Å². The molecule has 1 amide bonds. The van der Waals surface area contributed by atoms with Crippen LogP contribution in [0.1, 0.15) is 37.5 Å². The van der Waals surface area contributed by atoms with E-state index in [1.165, 1.54) is 13.2 Å². The zero-order chi connectivity index (χ0) is 18.0. The number of ether oxygens (including phenoxy) is 1. The van der Waals surface area contributed by atoms with Crippen LogP contribution in [-0.4, -0.2) is 35.4 Å². The summed E-state index contributed by atoms with van der Waals surface area (Å²) < 4.78 is 4.63. The van der Waals surface area contributed by atoms with Gasteiger partial charge in [0.2, 0.25) is 0 Å². The summed E-state index contributed by atoms with van der Waals surface area (Å²) in [5, 5.41) is 8.98. The summed E-state index contributed by atoms with van der Waals surface area (Å²) in [6.07, 6.45) is 0.516. The van der Waals surface area contributed by atoms with Gasteiger partial charge < -0.3 is 14.6 Å². The molecule has 7 nitrogen and oxygen atoms in total. The van der Waals surface area contributed by atoms with E-state index in [1.807, 2.05) is 6.07 Å². The topological polar surface area (TPSA) is 103 Å². The summed E-state index contributed by atoms with van der Waals surface area (Å²) in [5.74, 6) is -0.634. The molecule has 2 heterocycles. The quantitative estimate of drug-likeness (QED) is 0.830. The molecular weight excluding hydrogens is 322 g/mol. The Hall–Kier alpha value is -3.40. The number of carbonyl (C=O) groups is 2. The van der Waals surface area contributed by atoms with E-state index in [0.29, 0.717) is 30.6 Å². The van der Waals surface area contributed by atoms with Gasteiger partial charge in [-0.2, -0.15) is 5.26 Å². The summed E-state index contributed by atoms with van der Waals surface area (Å²) >= 11 is 0. The molecule has 0 saturated carbocycles. The highest BCUT2D eigenvalue weighted by atomic mass is 16.5. The molecule has 25 heavy (non-hydrogen) atoms. The van der Waals surface area contributed by atoms with Crippen LogP contribution in [0.2, 0.25) is 0 Å². The Balaban J connectivity index is 1.82. The molecule has 2 aromatic rings. The van der Waals surface area contributed by atoms with Gasteiger partial charge in [0.1, 0.15) is 11.6 Å². The Morgan fingerprint density at radius 2 is 1.92 bits per heavy atom. The molecule has 1 aromatic carbocycles. The molecular formula is C18H15N3O4. The number of H-pyrrole nitrogens is 1. The lowest BCUT2D eigenvalue weighted by Crippen LogP contribution is -2.37. The number of carbonyl (C=O) groups excluding carboxylic acids is 2. The number of hydrogen-bond donors (Lipinski definition) is 1. The third kappa shape index (κ3) is 3.15. The van der Waals surface area contributed by atoms with Crippen LogP contribution in [0.4, 0.5) is 0 Å². The summed E-state index contributed by atoms with van der Waals surface area (Å²) in [6.45, 7) is 0.783. The highest BCUT2D eigenvalue weighted by molar-refractivity contribution is 5.96. The minimum Gasteiger partial charge on any atom is -0.465 e. The number of hydrogen-bond acceptors (Lipinski definition) is 5. The van der Waals surface area contributed by atoms with Crippen molar-refractivity contribution in [1.29, 1.82) is 5.26 Å². The van der Waals surface area contributed by atoms with Crippen LogP contribution in [0.15, 0.2) is 35.1 Å². The van der Waals surface area contributed by atoms with Crippen LogP contribution in [0.25, 0.3) is 0 Å². The molecule has 1 aliphatic rings. The lowest BCUT2D eigenvalue weighted by Gasteiger charge is -2.28. The maximum Gasteiger partial charge on any atom is 0.337 e. The first kappa shape index (κ1) is 16.5. The van der Waals surface area contributed by atoms with Crippen molar-refractivity contribution in [2.24, 2.45) is 0 Å². The smallest absolute Gasteiger partial charge is 0.337 e. The second kappa shape index (κ2) is 6.61. The number of nitrogens with zero attached hydrogens (tertiary/aromatic N) is 2. The van der Waals surface area contributed by atoms with E-state index in [1.54, 1.807) is 29.2 Å². The Morgan fingerprint density at radius 1 is 1.24 bits per heavy atom. The molecule has 0 aliphatic carbocycles. The van der Waals surface area contributed by atoms with Crippen molar-refractivity contribution < 1.29 is 14.3 Å². The molecule has 0 atom stereocenters. The first-order chi connectivity index (χ1) is 12.0. The second-order valence-corrected chi connectivity index (χ2v) is 5.67. The van der Waals surface area contributed by atoms with Gasteiger partial charge in [0.25, 0.3) is 11.5 Å². The summed E-state index contributed by atoms with van der Waals surface area (Å²) in [4.78, 5) is 40.1. The molecule has 0 spiro atoms. The molecule has 0 radical (unpaired) electrons. The highest BCUT2D eigenvalue weighted by Crippen LogP contribution is 2.19. The number of nitriles is 1. The van der Waals surface area contributed by atoms with Crippen LogP contribution >= 0.6 is 0 Å². The van der Waals surface area contributed by atoms with Crippen LogP contribution in [-0.2, 0) is 17.7 Å². The standard InChI is InChI=1S/C18H15N3O4/c1-25-18(24)12-4-2-11(3-5-12)17(23)21-7-6-15-14(10-21)8-13(9-19)16(22)20-15/h2-5,8H,6-7,10H2,1H3,(H,20,22). The van der Waals surface area contributed by atoms with Crippen molar-refractivity contribution in [3.8, 4) is 6.07 Å². The van der Waals surface area contributed by atoms with E-state index in [4.69, 9.17) is 5.26 Å². The second-order valence-electron chi connectivity index (χ2n) is 5.67. The molecule has 0 fully saturated rings. The van der Waals surface area contributed by atoms with E-state index >= 15 is 0 Å². The average Bonchev–Trinajstić information content (AvgIpc) is 2.66. The van der Waals surface area contributed by atoms with Crippen LogP contribution < -0.4 is 5.56 Å². The lowest BCUT2D eigenvalue weighted by atomic mass is 10.0. The number of rotatable bonds is 2. The molecule has 1 aromatic heterocycles. The van der Waals surface area contributed by atoms with Gasteiger partial charge in [-0.1, -0.05) is 0 Å². The first-order valence-electron chi connectivity index (χ1n) is 7.66. The number of aromatic amines is 1. The predicted molar refractivity (Wildman–Crippen MR) is 88.0 cm³/mol. The maximum atomic E-state index is 12.7. The Labute approximate surface area is 143 Å². The number of fused-ring (bicyclic) bond motifs is 1. The fourth-order valence-electron chi connectivity index (χ4n) is 2.81. The highest BCUT2D eigenvalue weighted by Gasteiger charge is 2.23. The van der Waals surface area contributed by atoms with Gasteiger partial charge >= 0.3 is 5.97 Å². The van der Waals surface area contributed by atoms with Crippen LogP contribution in [0.5, 0.6) is 0 Å². The van der Waals surface area contributed by atoms with Gasteiger partial charge in [0, 0.05) is 30.8 Å². The summed E-state index contributed by atoms with van der Waals surface area (Å²) in [5.41, 5.74) is 1.99. The Bertz CT molecular complexity index is 938. The van der Waals surface area contributed by atoms with Crippen molar-refractivity contribution in [3.05, 3.63) is 68.6 Å². The molecule has 3 rings (SSSR count). The van der Waals surface area contributed by atoms with E-state index in [-0.39, 0.29) is 11.5 Å². The number of pyridine rings is 1. The van der Waals surface area contributed by atoms with E-state index in [9.17, 15) is 14.4 Å². The molecule has 1 aliphatic heterocycles. The third-order valence-corrected chi connectivity index (χ3v) is 4.17. The number of methoxy groups -OCH3 is 1. The fourth-order valence-corrected chi connectivity index (χ4v) is 2.81. The minimum atomic E-state index is -0.459. The van der Waals surface area contributed by atoms with Crippen molar-refractivity contribution in [2.45, 2.75) is 13.0 Å². The number of amides is 1. The van der Waals surface area contributed by atoms with E-state index in [2.05, 4.69) is 9.72 Å². The maximum absolute atomic E-state index is 12.7. The van der Waals surface area contributed by atoms with Crippen molar-refractivity contribution in [1.82, 2.24) is 9.88 Å². The van der Waals surface area contributed by atoms with E-state index < -0.39 is 11.5 Å². The zero-order valence-electron chi connectivity index (χ0n) is 13.5. The number of nitrogens with one attached hydrogen (secondary N) is 1. The lowest BCUT2D eigenvalue weighted by molar-refractivity contribution is 0.0599. The van der Waals surface area contributed by atoms with Crippen molar-refractivity contribution >= 4 is 11.9 Å². The number of esters is 1. The molecule has 7 heteroatoms. The van der Waals surface area contributed by atoms with Gasteiger partial charge in [-0.05, 0) is 35.9 Å². The third-order valence-electron chi connectivity index (χ3n) is 4.17. The Morgan fingerprint density at radius 3 is 2.56 bits per heavy atom. The van der Waals surface area contributed by atoms with E-state index in [0.717, 1.165) is 11.3 Å². The molecule has 1 N–H and O–H groups in total. The van der Waals surface area contributed by atoms with Gasteiger partial charge in [-0.3, -0.25) is 9.59 Å². The van der Waals surface area contributed by atoms with Crippen molar-refractivity contribution in [3.63, 3.8) is 0 Å². The minimum absolute atomic E-state index is 0.0375. The molecule has 0 saturated heterocycles. The van der Waals surface area contributed by atoms with Crippen LogP contribution in [0.3, 0.4) is 0 Å². The largest absolute Gasteiger partial charge is 0.465 e. The normalized spacial score (nSPS) is 12.9. The Kier molecular flexibility index (Phi) is 4.35. The predicted octanol–water partition coefficient (Wildman–Crippen LogP) is 1.23. The number of aromatic nitrogens is 1. The fraction of sp³-hybridized carbons (Fsp3) is 0.222. The molecule has 0 bridgehead atoms. The van der Waals surface area contributed by atoms with Gasteiger partial charge in [0.05, 0.1) is 12.7 Å². The molecule has 126 valence electrons. The van der Waals surface area contributed by atoms with Gasteiger partial charge in [-0.15, -0.1) is 0 Å². The summed E-state index contributed by atoms with van der Waals surface area (Å²) in [6, 6.07) is 9.64. The zero-order valence-corrected chi connectivity index (χ0v) is 13.5. The first-order valence-corrected chi connectivity index (χ1v) is 7.66. The molecule has 0 unspecified atom stereocenters. The average molecular weight is 337 g/mol. The van der Waals surface area contributed by atoms with Gasteiger partial charge in [-0.25, -0.2) is 4.79 Å². The van der Waals surface area contributed by atoms with Crippen molar-refractivity contribution in [2.75, 3.05) is 13.7 Å². The summed E-state index contributed by atoms with van der Waals surface area (Å²) in [7, 11) is 1.30.